The van der Waals surface area contributed by atoms with Gasteiger partial charge in [0, 0.05) is 24.0 Å². The van der Waals surface area contributed by atoms with Crippen molar-refractivity contribution in [2.45, 2.75) is 40.3 Å². The van der Waals surface area contributed by atoms with E-state index < -0.39 is 0 Å². The Morgan fingerprint density at radius 1 is 1.29 bits per heavy atom. The fraction of sp³-hybridized carbons (Fsp3) is 0.692. The zero-order chi connectivity index (χ0) is 12.8. The molecule has 1 unspecified atom stereocenters. The maximum Gasteiger partial charge on any atom is 0.0587 e. The van der Waals surface area contributed by atoms with Crippen molar-refractivity contribution in [2.75, 3.05) is 13.1 Å². The first-order valence-corrected chi connectivity index (χ1v) is 7.43. The second-order valence-corrected chi connectivity index (χ2v) is 6.33. The van der Waals surface area contributed by atoms with Crippen molar-refractivity contribution >= 4 is 22.9 Å². The van der Waals surface area contributed by atoms with Gasteiger partial charge in [0.15, 0.2) is 0 Å². The van der Waals surface area contributed by atoms with Gasteiger partial charge < -0.3 is 10.6 Å². The molecule has 0 amide bonds. The maximum atomic E-state index is 6.19. The zero-order valence-electron chi connectivity index (χ0n) is 11.1. The molecule has 2 N–H and O–H groups in total. The summed E-state index contributed by atoms with van der Waals surface area (Å²) in [6, 6.07) is 0.465. The van der Waals surface area contributed by atoms with E-state index in [1.165, 1.54) is 10.4 Å². The van der Waals surface area contributed by atoms with E-state index in [0.29, 0.717) is 12.0 Å². The van der Waals surface area contributed by atoms with Crippen LogP contribution in [0, 0.1) is 12.8 Å². The lowest BCUT2D eigenvalue weighted by molar-refractivity contribution is 0.473. The summed E-state index contributed by atoms with van der Waals surface area (Å²) in [7, 11) is 0. The molecule has 0 aliphatic rings. The molecule has 0 fully saturated rings. The van der Waals surface area contributed by atoms with E-state index >= 15 is 0 Å². The van der Waals surface area contributed by atoms with Crippen molar-refractivity contribution < 1.29 is 0 Å². The first-order chi connectivity index (χ1) is 8.00. The van der Waals surface area contributed by atoms with E-state index in [9.17, 15) is 0 Å². The summed E-state index contributed by atoms with van der Waals surface area (Å²) < 4.78 is 0. The molecule has 1 heterocycles. The number of hydrogen-bond acceptors (Lipinski definition) is 3. The van der Waals surface area contributed by atoms with Crippen LogP contribution in [0.15, 0.2) is 5.38 Å². The molecule has 1 aromatic heterocycles. The minimum Gasteiger partial charge on any atom is -0.315 e. The topological polar surface area (TPSA) is 24.1 Å². The van der Waals surface area contributed by atoms with Gasteiger partial charge in [-0.15, -0.1) is 11.3 Å². The molecule has 0 saturated heterocycles. The Hall–Kier alpha value is -0.0900. The Kier molecular flexibility index (Phi) is 6.49. The number of thiophene rings is 1. The molecular formula is C13H23ClN2S. The molecule has 98 valence electrons. The van der Waals surface area contributed by atoms with E-state index in [4.69, 9.17) is 11.6 Å². The van der Waals surface area contributed by atoms with Gasteiger partial charge in [-0.25, -0.2) is 0 Å². The summed E-state index contributed by atoms with van der Waals surface area (Å²) in [5.74, 6) is 0.705. The van der Waals surface area contributed by atoms with Crippen LogP contribution in [0.2, 0.25) is 5.02 Å². The third-order valence-electron chi connectivity index (χ3n) is 2.58. The van der Waals surface area contributed by atoms with E-state index in [-0.39, 0.29) is 0 Å². The number of hydrogen-bond donors (Lipinski definition) is 2. The molecule has 1 atom stereocenters. The monoisotopic (exact) mass is 274 g/mol. The molecule has 0 aliphatic heterocycles. The second kappa shape index (κ2) is 7.37. The summed E-state index contributed by atoms with van der Waals surface area (Å²) in [6.07, 6.45) is 0. The summed E-state index contributed by atoms with van der Waals surface area (Å²) in [6.45, 7) is 11.6. The molecule has 0 spiro atoms. The molecule has 0 aliphatic carbocycles. The van der Waals surface area contributed by atoms with Gasteiger partial charge in [0.2, 0.25) is 0 Å². The number of rotatable bonds is 7. The average molecular weight is 275 g/mol. The van der Waals surface area contributed by atoms with Crippen molar-refractivity contribution in [1.29, 1.82) is 0 Å². The molecule has 2 nitrogen and oxygen atoms in total. The van der Waals surface area contributed by atoms with Crippen LogP contribution in [0.4, 0.5) is 0 Å². The fourth-order valence-electron chi connectivity index (χ4n) is 1.53. The third-order valence-corrected chi connectivity index (χ3v) is 4.33. The van der Waals surface area contributed by atoms with Crippen LogP contribution >= 0.6 is 22.9 Å². The van der Waals surface area contributed by atoms with E-state index in [1.807, 2.05) is 0 Å². The average Bonchev–Trinajstić information content (AvgIpc) is 2.57. The highest BCUT2D eigenvalue weighted by Crippen LogP contribution is 2.26. The Bertz CT molecular complexity index is 336. The van der Waals surface area contributed by atoms with Crippen LogP contribution in [0.25, 0.3) is 0 Å². The molecule has 17 heavy (non-hydrogen) atoms. The zero-order valence-corrected chi connectivity index (χ0v) is 12.7. The number of halogens is 1. The lowest BCUT2D eigenvalue weighted by Gasteiger charge is -2.15. The van der Waals surface area contributed by atoms with Crippen LogP contribution in [0.3, 0.4) is 0 Å². The van der Waals surface area contributed by atoms with Crippen molar-refractivity contribution in [2.24, 2.45) is 5.92 Å². The Morgan fingerprint density at radius 2 is 2.00 bits per heavy atom. The molecule has 0 radical (unpaired) electrons. The van der Waals surface area contributed by atoms with Crippen LogP contribution in [-0.2, 0) is 6.54 Å². The van der Waals surface area contributed by atoms with Crippen LogP contribution in [-0.4, -0.2) is 19.1 Å². The largest absolute Gasteiger partial charge is 0.315 e. The van der Waals surface area contributed by atoms with Crippen LogP contribution < -0.4 is 10.6 Å². The second-order valence-electron chi connectivity index (χ2n) is 4.99. The lowest BCUT2D eigenvalue weighted by Crippen LogP contribution is -2.37. The Balaban J connectivity index is 2.24. The number of nitrogens with one attached hydrogen (secondary N) is 2. The van der Waals surface area contributed by atoms with E-state index in [2.05, 4.69) is 43.7 Å². The van der Waals surface area contributed by atoms with Gasteiger partial charge in [0.1, 0.15) is 0 Å². The highest BCUT2D eigenvalue weighted by atomic mass is 35.5. The minimum atomic E-state index is 0.465. The minimum absolute atomic E-state index is 0.465. The first kappa shape index (κ1) is 15.0. The summed E-state index contributed by atoms with van der Waals surface area (Å²) in [5.41, 5.74) is 1.18. The quantitative estimate of drug-likeness (QED) is 0.796. The Morgan fingerprint density at radius 3 is 2.53 bits per heavy atom. The van der Waals surface area contributed by atoms with E-state index in [1.54, 1.807) is 11.3 Å². The highest BCUT2D eigenvalue weighted by molar-refractivity contribution is 7.10. The molecule has 1 aromatic rings. The normalized spacial score (nSPS) is 13.3. The molecule has 1 rings (SSSR count). The lowest BCUT2D eigenvalue weighted by atomic mass is 10.2. The summed E-state index contributed by atoms with van der Waals surface area (Å²) in [5, 5.41) is 9.97. The first-order valence-electron chi connectivity index (χ1n) is 6.17. The van der Waals surface area contributed by atoms with Gasteiger partial charge in [-0.1, -0.05) is 25.4 Å². The maximum absolute atomic E-state index is 6.19. The molecule has 0 aromatic carbocycles. The van der Waals surface area contributed by atoms with Crippen LogP contribution in [0.5, 0.6) is 0 Å². The summed E-state index contributed by atoms with van der Waals surface area (Å²) in [4.78, 5) is 1.24. The van der Waals surface area contributed by atoms with Gasteiger partial charge in [-0.05, 0) is 37.3 Å². The fourth-order valence-corrected chi connectivity index (χ4v) is 2.72. The van der Waals surface area contributed by atoms with Gasteiger partial charge in [0.05, 0.1) is 5.02 Å². The van der Waals surface area contributed by atoms with Gasteiger partial charge in [0.25, 0.3) is 0 Å². The molecular weight excluding hydrogens is 252 g/mol. The number of aryl methyl sites for hydroxylation is 1. The predicted octanol–water partition coefficient (Wildman–Crippen LogP) is 3.43. The van der Waals surface area contributed by atoms with Crippen molar-refractivity contribution in [3.05, 3.63) is 20.8 Å². The van der Waals surface area contributed by atoms with Gasteiger partial charge in [-0.3, -0.25) is 0 Å². The SMILES string of the molecule is Cc1csc(CNC(C)CNCC(C)C)c1Cl. The van der Waals surface area contributed by atoms with Crippen molar-refractivity contribution in [3.8, 4) is 0 Å². The predicted molar refractivity (Wildman–Crippen MR) is 78.1 cm³/mol. The third kappa shape index (κ3) is 5.38. The van der Waals surface area contributed by atoms with Crippen molar-refractivity contribution in [1.82, 2.24) is 10.6 Å². The van der Waals surface area contributed by atoms with Crippen molar-refractivity contribution in [3.63, 3.8) is 0 Å². The Labute approximate surface area is 114 Å². The molecule has 0 bridgehead atoms. The van der Waals surface area contributed by atoms with Gasteiger partial charge >= 0.3 is 0 Å². The van der Waals surface area contributed by atoms with E-state index in [0.717, 1.165) is 24.7 Å². The standard InChI is InChI=1S/C13H23ClN2S/c1-9(2)5-15-6-11(4)16-7-12-13(14)10(3)8-17-12/h8-9,11,15-16H,5-7H2,1-4H3. The smallest absolute Gasteiger partial charge is 0.0587 e. The highest BCUT2D eigenvalue weighted by Gasteiger charge is 2.07. The summed E-state index contributed by atoms with van der Waals surface area (Å²) >= 11 is 7.92. The van der Waals surface area contributed by atoms with Crippen LogP contribution in [0.1, 0.15) is 31.2 Å². The van der Waals surface area contributed by atoms with Gasteiger partial charge in [-0.2, -0.15) is 0 Å². The molecule has 4 heteroatoms. The molecule has 0 saturated carbocycles.